The number of nitro groups is 1. The lowest BCUT2D eigenvalue weighted by Gasteiger charge is -2.10. The molecule has 1 aromatic carbocycles. The van der Waals surface area contributed by atoms with Gasteiger partial charge in [0.05, 0.1) is 4.92 Å². The number of amides is 1. The van der Waals surface area contributed by atoms with E-state index in [9.17, 15) is 14.9 Å². The van der Waals surface area contributed by atoms with Gasteiger partial charge in [-0.15, -0.1) is 0 Å². The SMILES string of the molecule is CNc1ccc(C)c(NC(C)=O)c1[N+](=O)[O-]. The summed E-state index contributed by atoms with van der Waals surface area (Å²) in [6.07, 6.45) is 0. The van der Waals surface area contributed by atoms with Crippen molar-refractivity contribution >= 4 is 23.0 Å². The van der Waals surface area contributed by atoms with E-state index in [2.05, 4.69) is 10.6 Å². The minimum atomic E-state index is -0.510. The predicted molar refractivity (Wildman–Crippen MR) is 61.7 cm³/mol. The zero-order valence-electron chi connectivity index (χ0n) is 9.33. The molecule has 16 heavy (non-hydrogen) atoms. The second-order valence-corrected chi connectivity index (χ2v) is 3.34. The summed E-state index contributed by atoms with van der Waals surface area (Å²) in [5, 5.41) is 16.2. The highest BCUT2D eigenvalue weighted by atomic mass is 16.6. The summed E-state index contributed by atoms with van der Waals surface area (Å²) in [6, 6.07) is 3.32. The number of anilines is 2. The van der Waals surface area contributed by atoms with Crippen LogP contribution in [0.15, 0.2) is 12.1 Å². The highest BCUT2D eigenvalue weighted by molar-refractivity contribution is 5.94. The van der Waals surface area contributed by atoms with E-state index >= 15 is 0 Å². The van der Waals surface area contributed by atoms with Gasteiger partial charge in [-0.3, -0.25) is 14.9 Å². The molecule has 0 atom stereocenters. The summed E-state index contributed by atoms with van der Waals surface area (Å²) < 4.78 is 0. The Labute approximate surface area is 92.8 Å². The van der Waals surface area contributed by atoms with E-state index in [-0.39, 0.29) is 17.3 Å². The monoisotopic (exact) mass is 223 g/mol. The highest BCUT2D eigenvalue weighted by Gasteiger charge is 2.21. The molecule has 6 nitrogen and oxygen atoms in total. The van der Waals surface area contributed by atoms with Crippen molar-refractivity contribution in [1.82, 2.24) is 0 Å². The van der Waals surface area contributed by atoms with Gasteiger partial charge in [0.2, 0.25) is 5.91 Å². The van der Waals surface area contributed by atoms with Crippen molar-refractivity contribution in [3.63, 3.8) is 0 Å². The fourth-order valence-electron chi connectivity index (χ4n) is 1.42. The van der Waals surface area contributed by atoms with E-state index in [4.69, 9.17) is 0 Å². The normalized spacial score (nSPS) is 9.69. The van der Waals surface area contributed by atoms with Crippen molar-refractivity contribution in [2.45, 2.75) is 13.8 Å². The van der Waals surface area contributed by atoms with Crippen LogP contribution in [0.4, 0.5) is 17.1 Å². The van der Waals surface area contributed by atoms with Gasteiger partial charge in [0.15, 0.2) is 0 Å². The number of carbonyl (C=O) groups is 1. The molecule has 0 aliphatic rings. The molecule has 0 fully saturated rings. The van der Waals surface area contributed by atoms with Crippen molar-refractivity contribution in [2.24, 2.45) is 0 Å². The second kappa shape index (κ2) is 4.61. The molecule has 0 spiro atoms. The number of hydrogen-bond donors (Lipinski definition) is 2. The summed E-state index contributed by atoms with van der Waals surface area (Å²) in [7, 11) is 1.59. The van der Waals surface area contributed by atoms with Crippen LogP contribution in [0.2, 0.25) is 0 Å². The third kappa shape index (κ3) is 2.28. The van der Waals surface area contributed by atoms with Gasteiger partial charge >= 0.3 is 5.69 Å². The first-order valence-corrected chi connectivity index (χ1v) is 4.70. The minimum Gasteiger partial charge on any atom is -0.382 e. The Kier molecular flexibility index (Phi) is 3.44. The van der Waals surface area contributed by atoms with Gasteiger partial charge in [-0.05, 0) is 18.6 Å². The van der Waals surface area contributed by atoms with Crippen LogP contribution in [0.1, 0.15) is 12.5 Å². The molecule has 0 bridgehead atoms. The third-order valence-electron chi connectivity index (χ3n) is 2.14. The Hall–Kier alpha value is -2.11. The Morgan fingerprint density at radius 1 is 1.44 bits per heavy atom. The first-order chi connectivity index (χ1) is 7.47. The highest BCUT2D eigenvalue weighted by Crippen LogP contribution is 2.35. The average molecular weight is 223 g/mol. The van der Waals surface area contributed by atoms with Crippen LogP contribution >= 0.6 is 0 Å². The van der Waals surface area contributed by atoms with Crippen molar-refractivity contribution in [3.8, 4) is 0 Å². The smallest absolute Gasteiger partial charge is 0.315 e. The standard InChI is InChI=1S/C10H13N3O3/c1-6-4-5-8(11-3)10(13(15)16)9(6)12-7(2)14/h4-5,11H,1-3H3,(H,12,14). The van der Waals surface area contributed by atoms with E-state index in [1.807, 2.05) is 0 Å². The first-order valence-electron chi connectivity index (χ1n) is 4.70. The van der Waals surface area contributed by atoms with E-state index < -0.39 is 4.92 Å². The average Bonchev–Trinajstić information content (AvgIpc) is 2.19. The molecule has 0 unspecified atom stereocenters. The van der Waals surface area contributed by atoms with Crippen molar-refractivity contribution in [3.05, 3.63) is 27.8 Å². The number of nitrogens with one attached hydrogen (secondary N) is 2. The molecule has 1 aromatic rings. The van der Waals surface area contributed by atoms with Crippen LogP contribution in [-0.2, 0) is 4.79 Å². The number of rotatable bonds is 3. The molecule has 1 rings (SSSR count). The lowest BCUT2D eigenvalue weighted by Crippen LogP contribution is -2.10. The molecule has 0 aliphatic heterocycles. The van der Waals surface area contributed by atoms with Gasteiger partial charge in [0, 0.05) is 14.0 Å². The van der Waals surface area contributed by atoms with Gasteiger partial charge in [0.1, 0.15) is 11.4 Å². The zero-order valence-corrected chi connectivity index (χ0v) is 9.33. The fraction of sp³-hybridized carbons (Fsp3) is 0.300. The largest absolute Gasteiger partial charge is 0.382 e. The van der Waals surface area contributed by atoms with Crippen LogP contribution < -0.4 is 10.6 Å². The molecule has 2 N–H and O–H groups in total. The predicted octanol–water partition coefficient (Wildman–Crippen LogP) is 1.90. The van der Waals surface area contributed by atoms with E-state index in [1.54, 1.807) is 26.1 Å². The number of nitro benzene ring substituents is 1. The topological polar surface area (TPSA) is 84.3 Å². The van der Waals surface area contributed by atoms with Crippen molar-refractivity contribution in [2.75, 3.05) is 17.7 Å². The maximum absolute atomic E-state index is 11.0. The Bertz CT molecular complexity index is 443. The van der Waals surface area contributed by atoms with Crippen LogP contribution in [0.25, 0.3) is 0 Å². The van der Waals surface area contributed by atoms with E-state index in [0.29, 0.717) is 11.3 Å². The molecule has 0 saturated heterocycles. The molecular formula is C10H13N3O3. The number of carbonyl (C=O) groups excluding carboxylic acids is 1. The molecule has 0 aromatic heterocycles. The summed E-state index contributed by atoms with van der Waals surface area (Å²) in [4.78, 5) is 21.4. The molecule has 86 valence electrons. The van der Waals surface area contributed by atoms with Gasteiger partial charge in [-0.1, -0.05) is 6.07 Å². The van der Waals surface area contributed by atoms with Crippen molar-refractivity contribution < 1.29 is 9.72 Å². The quantitative estimate of drug-likeness (QED) is 0.605. The number of nitrogens with zero attached hydrogens (tertiary/aromatic N) is 1. The second-order valence-electron chi connectivity index (χ2n) is 3.34. The van der Waals surface area contributed by atoms with Gasteiger partial charge in [0.25, 0.3) is 0 Å². The number of benzene rings is 1. The van der Waals surface area contributed by atoms with Gasteiger partial charge in [-0.25, -0.2) is 0 Å². The number of aryl methyl sites for hydroxylation is 1. The van der Waals surface area contributed by atoms with Crippen LogP contribution in [-0.4, -0.2) is 17.9 Å². The number of hydrogen-bond acceptors (Lipinski definition) is 4. The van der Waals surface area contributed by atoms with Crippen LogP contribution in [0.3, 0.4) is 0 Å². The Morgan fingerprint density at radius 2 is 2.06 bits per heavy atom. The van der Waals surface area contributed by atoms with Gasteiger partial charge < -0.3 is 10.6 Å². The van der Waals surface area contributed by atoms with E-state index in [1.165, 1.54) is 6.92 Å². The maximum Gasteiger partial charge on any atom is 0.315 e. The Morgan fingerprint density at radius 3 is 2.50 bits per heavy atom. The zero-order chi connectivity index (χ0) is 12.3. The molecule has 0 radical (unpaired) electrons. The minimum absolute atomic E-state index is 0.113. The first kappa shape index (κ1) is 12.0. The fourth-order valence-corrected chi connectivity index (χ4v) is 1.42. The third-order valence-corrected chi connectivity index (χ3v) is 2.14. The Balaban J connectivity index is 3.41. The summed E-state index contributed by atoms with van der Waals surface area (Å²) >= 11 is 0. The summed E-state index contributed by atoms with van der Waals surface area (Å²) in [5.74, 6) is -0.334. The maximum atomic E-state index is 11.0. The van der Waals surface area contributed by atoms with E-state index in [0.717, 1.165) is 0 Å². The van der Waals surface area contributed by atoms with Crippen LogP contribution in [0.5, 0.6) is 0 Å². The summed E-state index contributed by atoms with van der Waals surface area (Å²) in [6.45, 7) is 3.02. The molecule has 0 heterocycles. The molecule has 0 aliphatic carbocycles. The van der Waals surface area contributed by atoms with Crippen molar-refractivity contribution in [1.29, 1.82) is 0 Å². The lowest BCUT2D eigenvalue weighted by atomic mass is 10.1. The summed E-state index contributed by atoms with van der Waals surface area (Å²) in [5.41, 5.74) is 1.15. The molecule has 1 amide bonds. The molecular weight excluding hydrogens is 210 g/mol. The lowest BCUT2D eigenvalue weighted by molar-refractivity contribution is -0.383. The molecule has 6 heteroatoms. The molecule has 0 saturated carbocycles. The van der Waals surface area contributed by atoms with Gasteiger partial charge in [-0.2, -0.15) is 0 Å². The van der Waals surface area contributed by atoms with Crippen LogP contribution in [0, 0.1) is 17.0 Å².